The number of hydrogen-bond acceptors (Lipinski definition) is 4. The van der Waals surface area contributed by atoms with E-state index in [-0.39, 0.29) is 18.4 Å². The van der Waals surface area contributed by atoms with Crippen LogP contribution < -0.4 is 15.0 Å². The first-order chi connectivity index (χ1) is 13.1. The Kier molecular flexibility index (Phi) is 4.64. The van der Waals surface area contributed by atoms with Gasteiger partial charge < -0.3 is 15.0 Å². The Morgan fingerprint density at radius 3 is 2.74 bits per heavy atom. The summed E-state index contributed by atoms with van der Waals surface area (Å²) in [5.74, 6) is 0.360. The lowest BCUT2D eigenvalue weighted by Gasteiger charge is -2.30. The van der Waals surface area contributed by atoms with Gasteiger partial charge in [-0.2, -0.15) is 0 Å². The molecule has 2 amide bonds. The zero-order chi connectivity index (χ0) is 18.8. The molecule has 1 N–H and O–H groups in total. The Balaban J connectivity index is 1.61. The SMILES string of the molecule is Cc1ccc(CN2C(=O)COc3ccc(NC(=O)c4cccs4)cc32)cc1. The highest BCUT2D eigenvalue weighted by atomic mass is 32.1. The molecule has 27 heavy (non-hydrogen) atoms. The monoisotopic (exact) mass is 378 g/mol. The van der Waals surface area contributed by atoms with E-state index in [9.17, 15) is 9.59 Å². The van der Waals surface area contributed by atoms with Gasteiger partial charge in [-0.1, -0.05) is 35.9 Å². The van der Waals surface area contributed by atoms with E-state index in [1.807, 2.05) is 42.6 Å². The van der Waals surface area contributed by atoms with Gasteiger partial charge in [0.25, 0.3) is 11.8 Å². The van der Waals surface area contributed by atoms with Crippen molar-refractivity contribution < 1.29 is 14.3 Å². The summed E-state index contributed by atoms with van der Waals surface area (Å²) >= 11 is 1.38. The fourth-order valence-corrected chi connectivity index (χ4v) is 3.55. The van der Waals surface area contributed by atoms with Crippen molar-refractivity contribution in [2.75, 3.05) is 16.8 Å². The number of benzene rings is 2. The molecule has 1 aliphatic rings. The minimum atomic E-state index is -0.168. The van der Waals surface area contributed by atoms with Crippen molar-refractivity contribution in [1.82, 2.24) is 0 Å². The predicted molar refractivity (Wildman–Crippen MR) is 107 cm³/mol. The van der Waals surface area contributed by atoms with Gasteiger partial charge in [0, 0.05) is 5.69 Å². The number of fused-ring (bicyclic) bond motifs is 1. The number of thiophene rings is 1. The molecule has 0 fully saturated rings. The first-order valence-electron chi connectivity index (χ1n) is 8.58. The van der Waals surface area contributed by atoms with Crippen LogP contribution in [0.2, 0.25) is 0 Å². The van der Waals surface area contributed by atoms with E-state index in [4.69, 9.17) is 4.74 Å². The van der Waals surface area contributed by atoms with Crippen LogP contribution in [-0.2, 0) is 11.3 Å². The Morgan fingerprint density at radius 2 is 2.00 bits per heavy atom. The number of carbonyl (C=O) groups excluding carboxylic acids is 2. The average molecular weight is 378 g/mol. The standard InChI is InChI=1S/C21H18N2O3S/c1-14-4-6-15(7-5-14)12-23-17-11-16(8-9-18(17)26-13-20(23)24)22-21(25)19-3-2-10-27-19/h2-11H,12-13H2,1H3,(H,22,25). The maximum atomic E-state index is 12.5. The number of rotatable bonds is 4. The molecule has 1 aliphatic heterocycles. The lowest BCUT2D eigenvalue weighted by Crippen LogP contribution is -2.38. The normalized spacial score (nSPS) is 13.1. The summed E-state index contributed by atoms with van der Waals surface area (Å²) in [5.41, 5.74) is 3.50. The number of amides is 2. The Morgan fingerprint density at radius 1 is 1.19 bits per heavy atom. The van der Waals surface area contributed by atoms with Crippen LogP contribution in [0.3, 0.4) is 0 Å². The highest BCUT2D eigenvalue weighted by Crippen LogP contribution is 2.35. The zero-order valence-corrected chi connectivity index (χ0v) is 15.6. The molecule has 6 heteroatoms. The maximum Gasteiger partial charge on any atom is 0.265 e. The predicted octanol–water partition coefficient (Wildman–Crippen LogP) is 4.23. The van der Waals surface area contributed by atoms with Gasteiger partial charge in [0.2, 0.25) is 0 Å². The Bertz CT molecular complexity index is 981. The molecule has 136 valence electrons. The summed E-state index contributed by atoms with van der Waals surface area (Å²) in [6.45, 7) is 2.50. The molecular formula is C21H18N2O3S. The second-order valence-corrected chi connectivity index (χ2v) is 7.32. The molecule has 1 aromatic heterocycles. The van der Waals surface area contributed by atoms with Gasteiger partial charge in [0.15, 0.2) is 6.61 Å². The molecule has 0 saturated heterocycles. The van der Waals surface area contributed by atoms with Crippen LogP contribution in [0.5, 0.6) is 5.75 Å². The average Bonchev–Trinajstić information content (AvgIpc) is 3.21. The second kappa shape index (κ2) is 7.25. The first-order valence-corrected chi connectivity index (χ1v) is 9.46. The van der Waals surface area contributed by atoms with Gasteiger partial charge in [-0.3, -0.25) is 9.59 Å². The van der Waals surface area contributed by atoms with Crippen molar-refractivity contribution in [2.45, 2.75) is 13.5 Å². The van der Waals surface area contributed by atoms with E-state index < -0.39 is 0 Å². The molecule has 0 aliphatic carbocycles. The Labute approximate surface area is 161 Å². The molecule has 4 rings (SSSR count). The summed E-state index contributed by atoms with van der Waals surface area (Å²) in [4.78, 5) is 27.1. The highest BCUT2D eigenvalue weighted by Gasteiger charge is 2.26. The van der Waals surface area contributed by atoms with Crippen LogP contribution in [0.25, 0.3) is 0 Å². The van der Waals surface area contributed by atoms with E-state index >= 15 is 0 Å². The van der Waals surface area contributed by atoms with Crippen molar-refractivity contribution in [3.05, 3.63) is 76.0 Å². The van der Waals surface area contributed by atoms with Gasteiger partial charge in [-0.25, -0.2) is 0 Å². The summed E-state index contributed by atoms with van der Waals surface area (Å²) < 4.78 is 5.55. The zero-order valence-electron chi connectivity index (χ0n) is 14.8. The van der Waals surface area contributed by atoms with Crippen molar-refractivity contribution in [3.8, 4) is 5.75 Å². The van der Waals surface area contributed by atoms with Gasteiger partial charge in [-0.05, 0) is 42.1 Å². The molecule has 0 unspecified atom stereocenters. The number of ether oxygens (including phenoxy) is 1. The molecule has 3 aromatic rings. The second-order valence-electron chi connectivity index (χ2n) is 6.37. The number of aryl methyl sites for hydroxylation is 1. The van der Waals surface area contributed by atoms with Crippen LogP contribution in [0.1, 0.15) is 20.8 Å². The van der Waals surface area contributed by atoms with E-state index in [1.165, 1.54) is 16.9 Å². The van der Waals surface area contributed by atoms with Crippen LogP contribution in [0.15, 0.2) is 60.0 Å². The Hall–Kier alpha value is -3.12. The summed E-state index contributed by atoms with van der Waals surface area (Å²) in [7, 11) is 0. The fraction of sp³-hybridized carbons (Fsp3) is 0.143. The summed E-state index contributed by atoms with van der Waals surface area (Å²) in [6.07, 6.45) is 0. The quantitative estimate of drug-likeness (QED) is 0.739. The fourth-order valence-electron chi connectivity index (χ4n) is 2.93. The third kappa shape index (κ3) is 3.71. The van der Waals surface area contributed by atoms with E-state index in [0.717, 1.165) is 5.56 Å². The van der Waals surface area contributed by atoms with Crippen LogP contribution >= 0.6 is 11.3 Å². The number of nitrogens with zero attached hydrogens (tertiary/aromatic N) is 1. The van der Waals surface area contributed by atoms with Crippen molar-refractivity contribution in [3.63, 3.8) is 0 Å². The molecule has 0 spiro atoms. The van der Waals surface area contributed by atoms with Gasteiger partial charge in [0.05, 0.1) is 17.1 Å². The van der Waals surface area contributed by atoms with Crippen LogP contribution in [0, 0.1) is 6.92 Å². The topological polar surface area (TPSA) is 58.6 Å². The smallest absolute Gasteiger partial charge is 0.265 e. The first kappa shape index (κ1) is 17.3. The van der Waals surface area contributed by atoms with Gasteiger partial charge in [0.1, 0.15) is 5.75 Å². The van der Waals surface area contributed by atoms with Crippen LogP contribution in [-0.4, -0.2) is 18.4 Å². The molecule has 0 bridgehead atoms. The molecule has 0 atom stereocenters. The lowest BCUT2D eigenvalue weighted by atomic mass is 10.1. The molecular weight excluding hydrogens is 360 g/mol. The van der Waals surface area contributed by atoms with Gasteiger partial charge in [-0.15, -0.1) is 11.3 Å². The molecule has 2 aromatic carbocycles. The minimum Gasteiger partial charge on any atom is -0.482 e. The van der Waals surface area contributed by atoms with Crippen molar-refractivity contribution >= 4 is 34.5 Å². The third-order valence-corrected chi connectivity index (χ3v) is 5.23. The number of nitrogens with one attached hydrogen (secondary N) is 1. The van der Waals surface area contributed by atoms with E-state index in [2.05, 4.69) is 5.32 Å². The largest absolute Gasteiger partial charge is 0.482 e. The minimum absolute atomic E-state index is 0.0137. The van der Waals surface area contributed by atoms with Crippen LogP contribution in [0.4, 0.5) is 11.4 Å². The van der Waals surface area contributed by atoms with Gasteiger partial charge >= 0.3 is 0 Å². The van der Waals surface area contributed by atoms with Crippen molar-refractivity contribution in [1.29, 1.82) is 0 Å². The summed E-state index contributed by atoms with van der Waals surface area (Å²) in [5, 5.41) is 4.74. The number of hydrogen-bond donors (Lipinski definition) is 1. The summed E-state index contributed by atoms with van der Waals surface area (Å²) in [6, 6.07) is 17.0. The highest BCUT2D eigenvalue weighted by molar-refractivity contribution is 7.12. The molecule has 0 saturated carbocycles. The lowest BCUT2D eigenvalue weighted by molar-refractivity contribution is -0.121. The number of carbonyl (C=O) groups is 2. The number of anilines is 2. The third-order valence-electron chi connectivity index (χ3n) is 4.37. The maximum absolute atomic E-state index is 12.5. The molecule has 2 heterocycles. The van der Waals surface area contributed by atoms with E-state index in [1.54, 1.807) is 29.2 Å². The van der Waals surface area contributed by atoms with E-state index in [0.29, 0.717) is 28.5 Å². The van der Waals surface area contributed by atoms with Crippen molar-refractivity contribution in [2.24, 2.45) is 0 Å². The molecule has 5 nitrogen and oxygen atoms in total. The molecule has 0 radical (unpaired) electrons.